The maximum Gasteiger partial charge on any atom is 0.239 e. The zero-order valence-electron chi connectivity index (χ0n) is 11.8. The lowest BCUT2D eigenvalue weighted by molar-refractivity contribution is -0.121. The number of nitrogens with zero attached hydrogens (tertiary/aromatic N) is 3. The Balaban J connectivity index is 2.44. The molecule has 0 radical (unpaired) electrons. The molecule has 6 nitrogen and oxygen atoms in total. The van der Waals surface area contributed by atoms with Gasteiger partial charge in [-0.3, -0.25) is 4.79 Å². The predicted molar refractivity (Wildman–Crippen MR) is 73.8 cm³/mol. The Morgan fingerprint density at radius 3 is 2.47 bits per heavy atom. The van der Waals surface area contributed by atoms with Crippen LogP contribution in [0.5, 0.6) is 0 Å². The van der Waals surface area contributed by atoms with Gasteiger partial charge < -0.3 is 15.3 Å². The number of anilines is 1. The van der Waals surface area contributed by atoms with E-state index in [1.807, 2.05) is 13.8 Å². The molecule has 0 aliphatic carbocycles. The van der Waals surface area contributed by atoms with Crippen LogP contribution in [0.2, 0.25) is 0 Å². The van der Waals surface area contributed by atoms with Crippen molar-refractivity contribution in [1.29, 1.82) is 0 Å². The molecule has 0 aliphatic rings. The summed E-state index contributed by atoms with van der Waals surface area (Å²) >= 11 is 0. The van der Waals surface area contributed by atoms with E-state index in [-0.39, 0.29) is 19.0 Å². The predicted octanol–water partition coefficient (Wildman–Crippen LogP) is 0.580. The fourth-order valence-corrected chi connectivity index (χ4v) is 1.59. The number of likely N-dealkylation sites (N-methyl/N-ethyl adjacent to an activating group) is 1. The van der Waals surface area contributed by atoms with Gasteiger partial charge in [-0.1, -0.05) is 13.8 Å². The summed E-state index contributed by atoms with van der Waals surface area (Å²) in [6.45, 7) is 4.23. The van der Waals surface area contributed by atoms with E-state index in [9.17, 15) is 9.90 Å². The molecule has 106 valence electrons. The van der Waals surface area contributed by atoms with Crippen LogP contribution in [0.4, 0.5) is 5.95 Å². The normalized spacial score (nSPS) is 11.2. The number of nitrogens with one attached hydrogen (secondary N) is 1. The first-order valence-electron chi connectivity index (χ1n) is 6.48. The average molecular weight is 266 g/mol. The lowest BCUT2D eigenvalue weighted by Crippen LogP contribution is -2.45. The first kappa shape index (κ1) is 15.4. The highest BCUT2D eigenvalue weighted by Crippen LogP contribution is 2.12. The molecule has 19 heavy (non-hydrogen) atoms. The molecular formula is C13H22N4O2. The third-order valence-electron chi connectivity index (χ3n) is 3.21. The van der Waals surface area contributed by atoms with E-state index in [1.165, 1.54) is 0 Å². The minimum Gasteiger partial charge on any atom is -0.388 e. The zero-order chi connectivity index (χ0) is 14.3. The summed E-state index contributed by atoms with van der Waals surface area (Å²) in [6, 6.07) is 1.72. The van der Waals surface area contributed by atoms with Crippen molar-refractivity contribution in [2.75, 3.05) is 25.0 Å². The van der Waals surface area contributed by atoms with Crippen LogP contribution in [0.3, 0.4) is 0 Å². The monoisotopic (exact) mass is 266 g/mol. The van der Waals surface area contributed by atoms with E-state index in [0.29, 0.717) is 18.8 Å². The Morgan fingerprint density at radius 1 is 1.37 bits per heavy atom. The van der Waals surface area contributed by atoms with Crippen molar-refractivity contribution in [3.63, 3.8) is 0 Å². The number of aromatic nitrogens is 2. The van der Waals surface area contributed by atoms with Gasteiger partial charge in [-0.25, -0.2) is 9.97 Å². The first-order valence-corrected chi connectivity index (χ1v) is 6.48. The number of aliphatic hydroxyl groups is 1. The van der Waals surface area contributed by atoms with Gasteiger partial charge in [-0.2, -0.15) is 0 Å². The van der Waals surface area contributed by atoms with Crippen LogP contribution in [0.1, 0.15) is 26.7 Å². The Kier molecular flexibility index (Phi) is 5.69. The van der Waals surface area contributed by atoms with Crippen LogP contribution >= 0.6 is 0 Å². The molecule has 0 bridgehead atoms. The first-order chi connectivity index (χ1) is 9.00. The third-order valence-corrected chi connectivity index (χ3v) is 3.21. The molecule has 6 heteroatoms. The van der Waals surface area contributed by atoms with Gasteiger partial charge in [0.2, 0.25) is 11.9 Å². The van der Waals surface area contributed by atoms with Crippen molar-refractivity contribution in [3.8, 4) is 0 Å². The van der Waals surface area contributed by atoms with E-state index in [0.717, 1.165) is 0 Å². The molecule has 0 fully saturated rings. The molecule has 0 atom stereocenters. The summed E-state index contributed by atoms with van der Waals surface area (Å²) in [5.74, 6) is 0.342. The molecule has 0 saturated heterocycles. The van der Waals surface area contributed by atoms with E-state index in [2.05, 4.69) is 15.3 Å². The Labute approximate surface area is 113 Å². The SMILES string of the molecule is CCC(O)(CC)CNC(=O)CN(C)c1ncccn1. The van der Waals surface area contributed by atoms with Gasteiger partial charge in [0.25, 0.3) is 0 Å². The number of carbonyl (C=O) groups excluding carboxylic acids is 1. The Hall–Kier alpha value is -1.69. The van der Waals surface area contributed by atoms with E-state index in [1.54, 1.807) is 30.4 Å². The second-order valence-corrected chi connectivity index (χ2v) is 4.61. The maximum absolute atomic E-state index is 11.8. The summed E-state index contributed by atoms with van der Waals surface area (Å²) in [5, 5.41) is 12.8. The van der Waals surface area contributed by atoms with Gasteiger partial charge in [0.05, 0.1) is 12.1 Å². The molecule has 1 heterocycles. The van der Waals surface area contributed by atoms with Crippen LogP contribution in [0, 0.1) is 0 Å². The number of hydrogen-bond donors (Lipinski definition) is 2. The van der Waals surface area contributed by atoms with Crippen molar-refractivity contribution in [1.82, 2.24) is 15.3 Å². The molecule has 0 unspecified atom stereocenters. The van der Waals surface area contributed by atoms with Crippen LogP contribution in [0.25, 0.3) is 0 Å². The molecule has 0 aromatic carbocycles. The molecule has 0 spiro atoms. The van der Waals surface area contributed by atoms with Gasteiger partial charge in [-0.15, -0.1) is 0 Å². The van der Waals surface area contributed by atoms with Crippen molar-refractivity contribution in [2.24, 2.45) is 0 Å². The van der Waals surface area contributed by atoms with Crippen molar-refractivity contribution < 1.29 is 9.90 Å². The zero-order valence-corrected chi connectivity index (χ0v) is 11.8. The standard InChI is InChI=1S/C13H22N4O2/c1-4-13(19,5-2)10-16-11(18)9-17(3)12-14-7-6-8-15-12/h6-8,19H,4-5,9-10H2,1-3H3,(H,16,18). The van der Waals surface area contributed by atoms with E-state index >= 15 is 0 Å². The van der Waals surface area contributed by atoms with Gasteiger partial charge >= 0.3 is 0 Å². The largest absolute Gasteiger partial charge is 0.388 e. The summed E-state index contributed by atoms with van der Waals surface area (Å²) in [4.78, 5) is 21.6. The second kappa shape index (κ2) is 7.04. The Morgan fingerprint density at radius 2 is 1.95 bits per heavy atom. The minimum atomic E-state index is -0.822. The van der Waals surface area contributed by atoms with Crippen molar-refractivity contribution in [2.45, 2.75) is 32.3 Å². The number of carbonyl (C=O) groups is 1. The lowest BCUT2D eigenvalue weighted by atomic mass is 9.98. The molecule has 1 aromatic heterocycles. The molecule has 0 aliphatic heterocycles. The van der Waals surface area contributed by atoms with Crippen molar-refractivity contribution >= 4 is 11.9 Å². The van der Waals surface area contributed by atoms with E-state index < -0.39 is 5.60 Å². The molecule has 1 amide bonds. The average Bonchev–Trinajstić information content (AvgIpc) is 2.45. The summed E-state index contributed by atoms with van der Waals surface area (Å²) in [6.07, 6.45) is 4.48. The quantitative estimate of drug-likeness (QED) is 0.755. The highest BCUT2D eigenvalue weighted by molar-refractivity contribution is 5.80. The molecule has 2 N–H and O–H groups in total. The van der Waals surface area contributed by atoms with Gasteiger partial charge in [0.15, 0.2) is 0 Å². The van der Waals surface area contributed by atoms with Crippen LogP contribution in [0.15, 0.2) is 18.5 Å². The van der Waals surface area contributed by atoms with Crippen LogP contribution in [-0.2, 0) is 4.79 Å². The minimum absolute atomic E-state index is 0.157. The maximum atomic E-state index is 11.8. The van der Waals surface area contributed by atoms with Crippen LogP contribution < -0.4 is 10.2 Å². The fourth-order valence-electron chi connectivity index (χ4n) is 1.59. The second-order valence-electron chi connectivity index (χ2n) is 4.61. The summed E-state index contributed by atoms with van der Waals surface area (Å²) < 4.78 is 0. The molecule has 0 saturated carbocycles. The Bertz CT molecular complexity index is 393. The summed E-state index contributed by atoms with van der Waals surface area (Å²) in [7, 11) is 1.75. The topological polar surface area (TPSA) is 78.4 Å². The number of hydrogen-bond acceptors (Lipinski definition) is 5. The van der Waals surface area contributed by atoms with Gasteiger partial charge in [0, 0.05) is 26.0 Å². The lowest BCUT2D eigenvalue weighted by Gasteiger charge is -2.26. The highest BCUT2D eigenvalue weighted by Gasteiger charge is 2.23. The van der Waals surface area contributed by atoms with E-state index in [4.69, 9.17) is 0 Å². The molecule has 1 aromatic rings. The smallest absolute Gasteiger partial charge is 0.239 e. The molecule has 1 rings (SSSR count). The summed E-state index contributed by atoms with van der Waals surface area (Å²) in [5.41, 5.74) is -0.822. The van der Waals surface area contributed by atoms with Gasteiger partial charge in [-0.05, 0) is 18.9 Å². The molecular weight excluding hydrogens is 244 g/mol. The number of rotatable bonds is 7. The number of amides is 1. The highest BCUT2D eigenvalue weighted by atomic mass is 16.3. The van der Waals surface area contributed by atoms with Crippen molar-refractivity contribution in [3.05, 3.63) is 18.5 Å². The van der Waals surface area contributed by atoms with Crippen LogP contribution in [-0.4, -0.2) is 46.7 Å². The third kappa shape index (κ3) is 4.82. The van der Waals surface area contributed by atoms with Gasteiger partial charge in [0.1, 0.15) is 0 Å². The fraction of sp³-hybridized carbons (Fsp3) is 0.615.